The van der Waals surface area contributed by atoms with Crippen LogP contribution in [0.1, 0.15) is 29.6 Å². The minimum atomic E-state index is -1.60. The average Bonchev–Trinajstić information content (AvgIpc) is 2.92. The number of fused-ring (bicyclic) bond motifs is 1. The first-order valence-electron chi connectivity index (χ1n) is 6.65. The zero-order valence-electron chi connectivity index (χ0n) is 10.7. The predicted octanol–water partition coefficient (Wildman–Crippen LogP) is 2.50. The van der Waals surface area contributed by atoms with Gasteiger partial charge in [-0.1, -0.05) is 0 Å². The molecular formula is C14H14F3NO2. The van der Waals surface area contributed by atoms with Crippen molar-refractivity contribution in [2.75, 3.05) is 13.2 Å². The van der Waals surface area contributed by atoms with Crippen LogP contribution in [0.25, 0.3) is 0 Å². The Labute approximate surface area is 114 Å². The Morgan fingerprint density at radius 1 is 1.20 bits per heavy atom. The Bertz CT molecular complexity index is 549. The topological polar surface area (TPSA) is 29.5 Å². The Balaban J connectivity index is 1.90. The maximum atomic E-state index is 13.7. The van der Waals surface area contributed by atoms with Crippen LogP contribution < -0.4 is 0 Å². The van der Waals surface area contributed by atoms with Crippen LogP contribution in [-0.4, -0.2) is 36.1 Å². The summed E-state index contributed by atoms with van der Waals surface area (Å²) in [6.07, 6.45) is 2.58. The standard InChI is InChI=1S/C14H14F3NO2/c15-9-5-4-8(12(16)13(9)17)14(19)18-6-7-20-11-3-1-2-10(11)18/h4-5,10-11H,1-3,6-7H2. The number of amides is 1. The number of hydrogen-bond donors (Lipinski definition) is 0. The van der Waals surface area contributed by atoms with Crippen LogP contribution in [0.2, 0.25) is 0 Å². The molecule has 108 valence electrons. The lowest BCUT2D eigenvalue weighted by atomic mass is 10.1. The Kier molecular flexibility index (Phi) is 3.41. The zero-order chi connectivity index (χ0) is 14.3. The van der Waals surface area contributed by atoms with Crippen LogP contribution in [0, 0.1) is 17.5 Å². The fourth-order valence-electron chi connectivity index (χ4n) is 3.02. The number of ether oxygens (including phenoxy) is 1. The lowest BCUT2D eigenvalue weighted by molar-refractivity contribution is -0.0447. The van der Waals surface area contributed by atoms with Crippen LogP contribution in [0.5, 0.6) is 0 Å². The number of rotatable bonds is 1. The van der Waals surface area contributed by atoms with E-state index < -0.39 is 28.9 Å². The zero-order valence-corrected chi connectivity index (χ0v) is 10.7. The van der Waals surface area contributed by atoms with Gasteiger partial charge < -0.3 is 9.64 Å². The summed E-state index contributed by atoms with van der Waals surface area (Å²) in [6.45, 7) is 0.733. The molecule has 1 saturated heterocycles. The van der Waals surface area contributed by atoms with Gasteiger partial charge in [0.1, 0.15) is 0 Å². The van der Waals surface area contributed by atoms with E-state index in [0.29, 0.717) is 13.2 Å². The molecule has 2 aliphatic rings. The lowest BCUT2D eigenvalue weighted by Gasteiger charge is -2.37. The van der Waals surface area contributed by atoms with Crippen molar-refractivity contribution in [1.29, 1.82) is 0 Å². The van der Waals surface area contributed by atoms with Crippen molar-refractivity contribution < 1.29 is 22.7 Å². The third kappa shape index (κ3) is 2.08. The minimum absolute atomic E-state index is 0.0268. The van der Waals surface area contributed by atoms with E-state index in [2.05, 4.69) is 0 Å². The molecule has 2 fully saturated rings. The normalized spacial score (nSPS) is 25.6. The molecule has 1 aliphatic carbocycles. The summed E-state index contributed by atoms with van der Waals surface area (Å²) in [7, 11) is 0. The van der Waals surface area contributed by atoms with Gasteiger partial charge >= 0.3 is 0 Å². The van der Waals surface area contributed by atoms with Crippen LogP contribution >= 0.6 is 0 Å². The van der Waals surface area contributed by atoms with Crippen molar-refractivity contribution in [3.8, 4) is 0 Å². The first-order chi connectivity index (χ1) is 9.59. The predicted molar refractivity (Wildman–Crippen MR) is 64.7 cm³/mol. The van der Waals surface area contributed by atoms with Gasteiger partial charge in [-0.2, -0.15) is 0 Å². The van der Waals surface area contributed by atoms with E-state index in [4.69, 9.17) is 4.74 Å². The van der Waals surface area contributed by atoms with Crippen molar-refractivity contribution in [2.45, 2.75) is 31.4 Å². The Hall–Kier alpha value is -1.56. The van der Waals surface area contributed by atoms with Crippen LogP contribution in [0.4, 0.5) is 13.2 Å². The molecular weight excluding hydrogens is 271 g/mol. The van der Waals surface area contributed by atoms with Crippen LogP contribution in [-0.2, 0) is 4.74 Å². The summed E-state index contributed by atoms with van der Waals surface area (Å²) in [5, 5.41) is 0. The van der Waals surface area contributed by atoms with E-state index in [-0.39, 0.29) is 12.1 Å². The number of hydrogen-bond acceptors (Lipinski definition) is 2. The third-order valence-corrected chi connectivity index (χ3v) is 4.01. The van der Waals surface area contributed by atoms with Gasteiger partial charge in [0.2, 0.25) is 0 Å². The van der Waals surface area contributed by atoms with Crippen LogP contribution in [0.3, 0.4) is 0 Å². The highest BCUT2D eigenvalue weighted by atomic mass is 19.2. The number of halogens is 3. The van der Waals surface area contributed by atoms with E-state index in [0.717, 1.165) is 31.4 Å². The molecule has 3 rings (SSSR count). The smallest absolute Gasteiger partial charge is 0.257 e. The molecule has 1 amide bonds. The van der Waals surface area contributed by atoms with E-state index in [9.17, 15) is 18.0 Å². The molecule has 2 atom stereocenters. The molecule has 0 N–H and O–H groups in total. The molecule has 3 nitrogen and oxygen atoms in total. The highest BCUT2D eigenvalue weighted by Gasteiger charge is 2.39. The van der Waals surface area contributed by atoms with Gasteiger partial charge in [0.15, 0.2) is 17.5 Å². The fourth-order valence-corrected chi connectivity index (χ4v) is 3.02. The number of carbonyl (C=O) groups is 1. The molecule has 1 saturated carbocycles. The summed E-state index contributed by atoms with van der Waals surface area (Å²) in [6, 6.07) is 1.68. The largest absolute Gasteiger partial charge is 0.374 e. The van der Waals surface area contributed by atoms with Crippen molar-refractivity contribution in [3.63, 3.8) is 0 Å². The van der Waals surface area contributed by atoms with Crippen molar-refractivity contribution >= 4 is 5.91 Å². The maximum absolute atomic E-state index is 13.7. The SMILES string of the molecule is O=C(c1ccc(F)c(F)c1F)N1CCOC2CCCC21. The van der Waals surface area contributed by atoms with Gasteiger partial charge in [-0.25, -0.2) is 13.2 Å². The average molecular weight is 285 g/mol. The summed E-state index contributed by atoms with van der Waals surface area (Å²) in [5.74, 6) is -4.91. The molecule has 6 heteroatoms. The molecule has 0 aromatic heterocycles. The molecule has 2 unspecified atom stereocenters. The van der Waals surface area contributed by atoms with E-state index >= 15 is 0 Å². The minimum Gasteiger partial charge on any atom is -0.374 e. The molecule has 0 bridgehead atoms. The first-order valence-corrected chi connectivity index (χ1v) is 6.65. The molecule has 1 aromatic rings. The molecule has 1 aliphatic heterocycles. The summed E-state index contributed by atoms with van der Waals surface area (Å²) < 4.78 is 45.4. The third-order valence-electron chi connectivity index (χ3n) is 4.01. The van der Waals surface area contributed by atoms with Gasteiger partial charge in [0.05, 0.1) is 24.3 Å². The number of nitrogens with zero attached hydrogens (tertiary/aromatic N) is 1. The molecule has 20 heavy (non-hydrogen) atoms. The van der Waals surface area contributed by atoms with Gasteiger partial charge in [-0.3, -0.25) is 4.79 Å². The van der Waals surface area contributed by atoms with Gasteiger partial charge in [-0.05, 0) is 31.4 Å². The van der Waals surface area contributed by atoms with E-state index in [1.807, 2.05) is 0 Å². The van der Waals surface area contributed by atoms with Crippen molar-refractivity contribution in [1.82, 2.24) is 4.90 Å². The molecule has 1 heterocycles. The monoisotopic (exact) mass is 285 g/mol. The molecule has 1 aromatic carbocycles. The van der Waals surface area contributed by atoms with Crippen LogP contribution in [0.15, 0.2) is 12.1 Å². The van der Waals surface area contributed by atoms with Crippen molar-refractivity contribution in [2.24, 2.45) is 0 Å². The Morgan fingerprint density at radius 3 is 2.80 bits per heavy atom. The molecule has 0 spiro atoms. The van der Waals surface area contributed by atoms with Gasteiger partial charge in [-0.15, -0.1) is 0 Å². The number of benzene rings is 1. The quantitative estimate of drug-likeness (QED) is 0.742. The second-order valence-corrected chi connectivity index (χ2v) is 5.13. The summed E-state index contributed by atoms with van der Waals surface area (Å²) >= 11 is 0. The lowest BCUT2D eigenvalue weighted by Crippen LogP contribution is -2.51. The van der Waals surface area contributed by atoms with Gasteiger partial charge in [0.25, 0.3) is 5.91 Å². The fraction of sp³-hybridized carbons (Fsp3) is 0.500. The maximum Gasteiger partial charge on any atom is 0.257 e. The first kappa shape index (κ1) is 13.4. The molecule has 0 radical (unpaired) electrons. The summed E-state index contributed by atoms with van der Waals surface area (Å²) in [4.78, 5) is 13.9. The highest BCUT2D eigenvalue weighted by molar-refractivity contribution is 5.94. The number of morpholine rings is 1. The summed E-state index contributed by atoms with van der Waals surface area (Å²) in [5.41, 5.74) is -0.420. The Morgan fingerprint density at radius 2 is 2.00 bits per heavy atom. The van der Waals surface area contributed by atoms with E-state index in [1.165, 1.54) is 4.90 Å². The second-order valence-electron chi connectivity index (χ2n) is 5.13. The van der Waals surface area contributed by atoms with E-state index in [1.54, 1.807) is 0 Å². The van der Waals surface area contributed by atoms with Crippen molar-refractivity contribution in [3.05, 3.63) is 35.1 Å². The highest BCUT2D eigenvalue weighted by Crippen LogP contribution is 2.31. The number of carbonyl (C=O) groups excluding carboxylic acids is 1. The van der Waals surface area contributed by atoms with Gasteiger partial charge in [0, 0.05) is 6.54 Å². The second kappa shape index (κ2) is 5.09.